The molecular weight excluding hydrogens is 550 g/mol. The molecule has 2 aromatic rings. The van der Waals surface area contributed by atoms with E-state index in [1.54, 1.807) is 31.3 Å². The molecule has 0 fully saturated rings. The van der Waals surface area contributed by atoms with Gasteiger partial charge in [-0.05, 0) is 30.7 Å². The van der Waals surface area contributed by atoms with Gasteiger partial charge in [-0.1, -0.05) is 44.2 Å². The van der Waals surface area contributed by atoms with Crippen molar-refractivity contribution < 1.29 is 32.6 Å². The topological polar surface area (TPSA) is 170 Å². The van der Waals surface area contributed by atoms with E-state index in [0.29, 0.717) is 17.1 Å². The third kappa shape index (κ3) is 8.64. The van der Waals surface area contributed by atoms with Crippen LogP contribution in [-0.2, 0) is 26.0 Å². The maximum absolute atomic E-state index is 14.0. The van der Waals surface area contributed by atoms with Crippen molar-refractivity contribution in [3.8, 4) is 17.6 Å². The van der Waals surface area contributed by atoms with Crippen molar-refractivity contribution in [3.63, 3.8) is 0 Å². The van der Waals surface area contributed by atoms with E-state index in [1.807, 2.05) is 26.0 Å². The molecule has 0 saturated carbocycles. The Labute approximate surface area is 240 Å². The summed E-state index contributed by atoms with van der Waals surface area (Å²) in [6, 6.07) is 14.1. The van der Waals surface area contributed by atoms with Crippen molar-refractivity contribution in [1.82, 2.24) is 20.3 Å². The summed E-state index contributed by atoms with van der Waals surface area (Å²) in [4.78, 5) is 24.3. The smallest absolute Gasteiger partial charge is 0.245 e. The molecule has 0 spiro atoms. The number of carbonyl (C=O) groups excluding carboxylic acids is 2. The van der Waals surface area contributed by atoms with Crippen LogP contribution in [0.1, 0.15) is 32.3 Å². The van der Waals surface area contributed by atoms with E-state index < -0.39 is 33.6 Å². The zero-order valence-corrected chi connectivity index (χ0v) is 24.2. The van der Waals surface area contributed by atoms with Crippen LogP contribution in [0.25, 0.3) is 0 Å². The molecule has 1 aliphatic rings. The van der Waals surface area contributed by atoms with Gasteiger partial charge in [-0.3, -0.25) is 9.59 Å². The Balaban J connectivity index is 1.85. The van der Waals surface area contributed by atoms with Crippen LogP contribution in [0.15, 0.2) is 53.4 Å². The van der Waals surface area contributed by atoms with Crippen molar-refractivity contribution in [2.45, 2.75) is 49.8 Å². The summed E-state index contributed by atoms with van der Waals surface area (Å²) in [6.45, 7) is 3.58. The zero-order valence-electron chi connectivity index (χ0n) is 23.4. The van der Waals surface area contributed by atoms with Crippen molar-refractivity contribution in [2.24, 2.45) is 5.92 Å². The first-order valence-corrected chi connectivity index (χ1v) is 14.7. The van der Waals surface area contributed by atoms with Crippen LogP contribution in [0.5, 0.6) is 11.5 Å². The van der Waals surface area contributed by atoms with Gasteiger partial charge in [0.1, 0.15) is 11.8 Å². The molecule has 2 atom stereocenters. The van der Waals surface area contributed by atoms with Crippen LogP contribution in [0.2, 0.25) is 0 Å². The molecule has 0 aliphatic carbocycles. The molecule has 12 nitrogen and oxygen atoms in total. The van der Waals surface area contributed by atoms with Gasteiger partial charge in [0, 0.05) is 32.0 Å². The molecule has 0 radical (unpaired) electrons. The lowest BCUT2D eigenvalue weighted by Gasteiger charge is -2.40. The number of sulfonamides is 1. The third-order valence-corrected chi connectivity index (χ3v) is 8.24. The molecule has 3 rings (SSSR count). The molecule has 0 aromatic heterocycles. The first-order valence-electron chi connectivity index (χ1n) is 13.3. The Hall–Kier alpha value is -3.70. The van der Waals surface area contributed by atoms with E-state index in [0.717, 1.165) is 4.31 Å². The van der Waals surface area contributed by atoms with Crippen LogP contribution in [0.3, 0.4) is 0 Å². The van der Waals surface area contributed by atoms with Crippen molar-refractivity contribution in [2.75, 3.05) is 33.5 Å². The van der Waals surface area contributed by atoms with Crippen LogP contribution in [-0.4, -0.2) is 74.9 Å². The maximum atomic E-state index is 14.0. The Morgan fingerprint density at radius 3 is 2.49 bits per heavy atom. The minimum Gasteiger partial charge on any atom is -0.454 e. The molecule has 1 aliphatic heterocycles. The Morgan fingerprint density at radius 1 is 1.12 bits per heavy atom. The normalized spacial score (nSPS) is 14.8. The van der Waals surface area contributed by atoms with Gasteiger partial charge < -0.3 is 30.5 Å². The summed E-state index contributed by atoms with van der Waals surface area (Å²) in [6.07, 6.45) is -0.483. The van der Waals surface area contributed by atoms with E-state index in [4.69, 9.17) is 9.47 Å². The number of carbonyl (C=O) groups is 2. The van der Waals surface area contributed by atoms with Crippen molar-refractivity contribution in [3.05, 3.63) is 54.1 Å². The molecule has 2 amide bonds. The predicted octanol–water partition coefficient (Wildman–Crippen LogP) is 1.12. The first kappa shape index (κ1) is 31.8. The standard InChI is InChI=1S/C28H37N5O7S/c1-20(2)18-33(41(37,38)23-9-10-24-25(14-23)40-19-39-24)28(36,15-21-7-5-4-6-8-21)11-12-31-26(34)13-22(16-29)32-27(35)17-30-3/h4-10,14,20,22,30,36H,11-13,15,17-19H2,1-3H3,(H,31,34)(H,32,35). The number of likely N-dealkylation sites (N-methyl/N-ethyl adjacent to an activating group) is 1. The molecule has 222 valence electrons. The average molecular weight is 588 g/mol. The fourth-order valence-corrected chi connectivity index (χ4v) is 6.25. The molecule has 2 aromatic carbocycles. The summed E-state index contributed by atoms with van der Waals surface area (Å²) in [7, 11) is -2.67. The number of ether oxygens (including phenoxy) is 2. The lowest BCUT2D eigenvalue weighted by molar-refractivity contribution is -0.123. The van der Waals surface area contributed by atoms with Gasteiger partial charge in [-0.2, -0.15) is 9.57 Å². The Bertz CT molecular complexity index is 1350. The number of hydrogen-bond acceptors (Lipinski definition) is 9. The van der Waals surface area contributed by atoms with Gasteiger partial charge in [-0.15, -0.1) is 0 Å². The van der Waals surface area contributed by atoms with E-state index in [9.17, 15) is 28.4 Å². The third-order valence-electron chi connectivity index (χ3n) is 6.32. The van der Waals surface area contributed by atoms with Crippen molar-refractivity contribution >= 4 is 21.8 Å². The lowest BCUT2D eigenvalue weighted by Crippen LogP contribution is -2.56. The highest BCUT2D eigenvalue weighted by Crippen LogP contribution is 2.37. The molecule has 0 bridgehead atoms. The number of fused-ring (bicyclic) bond motifs is 1. The summed E-state index contributed by atoms with van der Waals surface area (Å²) < 4.78 is 39.9. The fourth-order valence-electron chi connectivity index (χ4n) is 4.41. The summed E-state index contributed by atoms with van der Waals surface area (Å²) in [5, 5.41) is 29.2. The molecule has 4 N–H and O–H groups in total. The number of nitriles is 1. The number of benzene rings is 2. The average Bonchev–Trinajstić information content (AvgIpc) is 3.40. The van der Waals surface area contributed by atoms with Gasteiger partial charge in [0.05, 0.1) is 23.9 Å². The molecule has 1 heterocycles. The lowest BCUT2D eigenvalue weighted by atomic mass is 9.98. The van der Waals surface area contributed by atoms with Gasteiger partial charge in [-0.25, -0.2) is 8.42 Å². The SMILES string of the molecule is CNCC(=O)NC(C#N)CC(=O)NCCC(O)(Cc1ccccc1)N(CC(C)C)S(=O)(=O)c1ccc2c(c1)OCO2. The summed E-state index contributed by atoms with van der Waals surface area (Å²) >= 11 is 0. The minimum absolute atomic E-state index is 0.00204. The number of aliphatic hydroxyl groups is 1. The van der Waals surface area contributed by atoms with Crippen LogP contribution < -0.4 is 25.4 Å². The monoisotopic (exact) mass is 587 g/mol. The predicted molar refractivity (Wildman–Crippen MR) is 150 cm³/mol. The van der Waals surface area contributed by atoms with E-state index in [-0.39, 0.29) is 56.5 Å². The Kier molecular flexibility index (Phi) is 11.1. The van der Waals surface area contributed by atoms with Crippen LogP contribution >= 0.6 is 0 Å². The second-order valence-electron chi connectivity index (χ2n) is 10.2. The zero-order chi connectivity index (χ0) is 30.0. The highest BCUT2D eigenvalue weighted by Gasteiger charge is 2.43. The van der Waals surface area contributed by atoms with Crippen LogP contribution in [0, 0.1) is 17.2 Å². The van der Waals surface area contributed by atoms with Gasteiger partial charge in [0.2, 0.25) is 28.6 Å². The Morgan fingerprint density at radius 2 is 1.83 bits per heavy atom. The summed E-state index contributed by atoms with van der Waals surface area (Å²) in [5.74, 6) is -0.379. The van der Waals surface area contributed by atoms with E-state index >= 15 is 0 Å². The quantitative estimate of drug-likeness (QED) is 0.223. The second-order valence-corrected chi connectivity index (χ2v) is 12.0. The summed E-state index contributed by atoms with van der Waals surface area (Å²) in [5.41, 5.74) is -1.23. The number of nitrogens with zero attached hydrogens (tertiary/aromatic N) is 2. The number of rotatable bonds is 15. The minimum atomic E-state index is -4.25. The highest BCUT2D eigenvalue weighted by atomic mass is 32.2. The van der Waals surface area contributed by atoms with Crippen LogP contribution in [0.4, 0.5) is 0 Å². The largest absolute Gasteiger partial charge is 0.454 e. The molecule has 2 unspecified atom stereocenters. The van der Waals surface area contributed by atoms with E-state index in [1.165, 1.54) is 18.2 Å². The number of nitrogens with one attached hydrogen (secondary N) is 3. The van der Waals surface area contributed by atoms with Gasteiger partial charge >= 0.3 is 0 Å². The van der Waals surface area contributed by atoms with Crippen molar-refractivity contribution in [1.29, 1.82) is 5.26 Å². The molecule has 41 heavy (non-hydrogen) atoms. The molecular formula is C28H37N5O7S. The second kappa shape index (κ2) is 14.3. The first-order chi connectivity index (χ1) is 19.5. The number of hydrogen-bond donors (Lipinski definition) is 4. The van der Waals surface area contributed by atoms with Gasteiger partial charge in [0.15, 0.2) is 11.5 Å². The molecule has 0 saturated heterocycles. The van der Waals surface area contributed by atoms with E-state index in [2.05, 4.69) is 16.0 Å². The number of amides is 2. The fraction of sp³-hybridized carbons (Fsp3) is 0.464. The van der Waals surface area contributed by atoms with Gasteiger partial charge in [0.25, 0.3) is 0 Å². The highest BCUT2D eigenvalue weighted by molar-refractivity contribution is 7.89. The maximum Gasteiger partial charge on any atom is 0.245 e. The molecule has 13 heteroatoms.